The van der Waals surface area contributed by atoms with Crippen LogP contribution in [0, 0.1) is 11.3 Å². The summed E-state index contributed by atoms with van der Waals surface area (Å²) in [7, 11) is 0. The number of ketones is 1. The van der Waals surface area contributed by atoms with E-state index in [4.69, 9.17) is 4.84 Å². The number of Topliss-reactive ketones (excluding diaryl/α,β-unsaturated/α-hetero) is 1. The molecule has 1 heterocycles. The van der Waals surface area contributed by atoms with Crippen molar-refractivity contribution in [2.45, 2.75) is 25.2 Å². The average molecular weight is 349 g/mol. The molecule has 2 aromatic rings. The van der Waals surface area contributed by atoms with E-state index in [1.54, 1.807) is 6.92 Å². The van der Waals surface area contributed by atoms with Crippen molar-refractivity contribution in [3.63, 3.8) is 0 Å². The smallest absolute Gasteiger partial charge is 0.339 e. The minimum Gasteiger partial charge on any atom is -0.339 e. The summed E-state index contributed by atoms with van der Waals surface area (Å²) < 4.78 is 0. The van der Waals surface area contributed by atoms with Crippen LogP contribution >= 0.6 is 0 Å². The van der Waals surface area contributed by atoms with Gasteiger partial charge in [-0.05, 0) is 11.1 Å². The molecule has 1 aliphatic heterocycles. The van der Waals surface area contributed by atoms with E-state index in [0.29, 0.717) is 0 Å². The highest BCUT2D eigenvalue weighted by Crippen LogP contribution is 2.58. The summed E-state index contributed by atoms with van der Waals surface area (Å²) in [5.74, 6) is -2.63. The minimum absolute atomic E-state index is 0.0471. The van der Waals surface area contributed by atoms with E-state index in [2.05, 4.69) is 5.48 Å². The Bertz CT molecular complexity index is 846. The zero-order valence-corrected chi connectivity index (χ0v) is 14.3. The lowest BCUT2D eigenvalue weighted by Crippen LogP contribution is -2.53. The topological polar surface area (TPSA) is 72.5 Å². The Morgan fingerprint density at radius 2 is 1.50 bits per heavy atom. The Labute approximate surface area is 151 Å². The molecule has 1 spiro atoms. The molecule has 132 valence electrons. The van der Waals surface area contributed by atoms with Gasteiger partial charge in [0.25, 0.3) is 5.91 Å². The molecule has 2 fully saturated rings. The van der Waals surface area contributed by atoms with Crippen LogP contribution in [0.4, 0.5) is 0 Å². The van der Waals surface area contributed by atoms with Crippen LogP contribution in [0.2, 0.25) is 0 Å². The predicted octanol–water partition coefficient (Wildman–Crippen LogP) is 2.74. The molecule has 0 aromatic heterocycles. The monoisotopic (exact) mass is 349 g/mol. The van der Waals surface area contributed by atoms with Crippen molar-refractivity contribution in [3.8, 4) is 0 Å². The largest absolute Gasteiger partial charge is 0.349 e. The second-order valence-electron chi connectivity index (χ2n) is 7.00. The second-order valence-corrected chi connectivity index (χ2v) is 7.00. The summed E-state index contributed by atoms with van der Waals surface area (Å²) in [6.45, 7) is 1.79. The Balaban J connectivity index is 1.97. The first-order valence-corrected chi connectivity index (χ1v) is 8.71. The van der Waals surface area contributed by atoms with E-state index in [9.17, 15) is 14.4 Å². The van der Waals surface area contributed by atoms with Gasteiger partial charge in [0, 0.05) is 24.2 Å². The fourth-order valence-electron chi connectivity index (χ4n) is 4.55. The number of nitrogens with one attached hydrogen (secondary N) is 1. The molecule has 0 bridgehead atoms. The standard InChI is InChI=1S/C21H19NO4/c1-13-17(23)12-16(14-8-4-2-5-9-14)21(19(24)22-26-20(21)25)18(13)15-10-6-3-7-11-15/h2-11,13,16,18H,12H2,1H3,(H,22,24)/t13-,16+,18-,21?/m0/s1. The maximum Gasteiger partial charge on any atom is 0.349 e. The molecule has 1 saturated carbocycles. The summed E-state index contributed by atoms with van der Waals surface area (Å²) in [5, 5.41) is 0. The summed E-state index contributed by atoms with van der Waals surface area (Å²) >= 11 is 0. The van der Waals surface area contributed by atoms with E-state index in [-0.39, 0.29) is 12.2 Å². The van der Waals surface area contributed by atoms with Crippen LogP contribution < -0.4 is 5.48 Å². The number of rotatable bonds is 2. The summed E-state index contributed by atoms with van der Waals surface area (Å²) in [6.07, 6.45) is 0.136. The average Bonchev–Trinajstić information content (AvgIpc) is 2.96. The van der Waals surface area contributed by atoms with Crippen molar-refractivity contribution in [2.75, 3.05) is 0 Å². The van der Waals surface area contributed by atoms with Crippen LogP contribution in [-0.4, -0.2) is 17.7 Å². The maximum atomic E-state index is 13.0. The molecule has 4 atom stereocenters. The molecule has 1 saturated heterocycles. The highest BCUT2D eigenvalue weighted by Gasteiger charge is 2.67. The van der Waals surface area contributed by atoms with Gasteiger partial charge in [0.2, 0.25) is 0 Å². The van der Waals surface area contributed by atoms with Crippen LogP contribution in [0.1, 0.15) is 36.3 Å². The van der Waals surface area contributed by atoms with Crippen LogP contribution in [0.3, 0.4) is 0 Å². The summed E-state index contributed by atoms with van der Waals surface area (Å²) in [5.41, 5.74) is 2.41. The van der Waals surface area contributed by atoms with Gasteiger partial charge >= 0.3 is 5.97 Å². The number of carbonyl (C=O) groups excluding carboxylic acids is 3. The van der Waals surface area contributed by atoms with Gasteiger partial charge in [-0.1, -0.05) is 67.6 Å². The summed E-state index contributed by atoms with van der Waals surface area (Å²) in [6, 6.07) is 18.6. The number of amides is 1. The number of hydrogen-bond acceptors (Lipinski definition) is 4. The predicted molar refractivity (Wildman–Crippen MR) is 93.8 cm³/mol. The first kappa shape index (κ1) is 16.5. The van der Waals surface area contributed by atoms with Gasteiger partial charge < -0.3 is 4.84 Å². The van der Waals surface area contributed by atoms with E-state index in [1.807, 2.05) is 60.7 Å². The highest BCUT2D eigenvalue weighted by molar-refractivity contribution is 6.10. The van der Waals surface area contributed by atoms with Gasteiger partial charge in [0.1, 0.15) is 5.78 Å². The van der Waals surface area contributed by atoms with Gasteiger partial charge in [0.15, 0.2) is 5.41 Å². The Kier molecular flexibility index (Phi) is 3.87. The lowest BCUT2D eigenvalue weighted by Gasteiger charge is -2.45. The van der Waals surface area contributed by atoms with Gasteiger partial charge in [-0.3, -0.25) is 9.59 Å². The third-order valence-corrected chi connectivity index (χ3v) is 5.76. The molecular weight excluding hydrogens is 330 g/mol. The molecule has 1 N–H and O–H groups in total. The van der Waals surface area contributed by atoms with Gasteiger partial charge in [-0.25, -0.2) is 4.79 Å². The molecule has 1 amide bonds. The third-order valence-electron chi connectivity index (χ3n) is 5.76. The maximum absolute atomic E-state index is 13.0. The molecule has 4 rings (SSSR count). The molecule has 2 aromatic carbocycles. The third kappa shape index (κ3) is 2.20. The van der Waals surface area contributed by atoms with Crippen molar-refractivity contribution in [1.29, 1.82) is 0 Å². The van der Waals surface area contributed by atoms with Crippen LogP contribution in [0.25, 0.3) is 0 Å². The fraction of sp³-hybridized carbons (Fsp3) is 0.286. The van der Waals surface area contributed by atoms with Crippen LogP contribution in [0.15, 0.2) is 60.7 Å². The molecule has 5 nitrogen and oxygen atoms in total. The second kappa shape index (κ2) is 6.09. The zero-order chi connectivity index (χ0) is 18.3. The van der Waals surface area contributed by atoms with E-state index >= 15 is 0 Å². The number of hydroxylamine groups is 1. The molecule has 5 heteroatoms. The fourth-order valence-corrected chi connectivity index (χ4v) is 4.55. The van der Waals surface area contributed by atoms with Crippen molar-refractivity contribution in [3.05, 3.63) is 71.8 Å². The van der Waals surface area contributed by atoms with Crippen molar-refractivity contribution < 1.29 is 19.2 Å². The Hall–Kier alpha value is -2.95. The van der Waals surface area contributed by atoms with Crippen molar-refractivity contribution >= 4 is 17.7 Å². The van der Waals surface area contributed by atoms with Gasteiger partial charge in [0.05, 0.1) is 0 Å². The molecular formula is C21H19NO4. The highest BCUT2D eigenvalue weighted by atomic mass is 16.7. The molecule has 0 radical (unpaired) electrons. The SMILES string of the molecule is C[C@H]1C(=O)C[C@H](c2ccccc2)C2(C(=O)NOC2=O)[C@@H]1c1ccccc1. The van der Waals surface area contributed by atoms with Crippen molar-refractivity contribution in [1.82, 2.24) is 5.48 Å². The number of benzene rings is 2. The molecule has 2 aliphatic rings. The lowest BCUT2D eigenvalue weighted by molar-refractivity contribution is -0.156. The zero-order valence-electron chi connectivity index (χ0n) is 14.3. The Morgan fingerprint density at radius 3 is 2.04 bits per heavy atom. The number of hydrogen-bond donors (Lipinski definition) is 1. The van der Waals surface area contributed by atoms with Crippen molar-refractivity contribution in [2.24, 2.45) is 11.3 Å². The number of carbonyl (C=O) groups is 3. The Morgan fingerprint density at radius 1 is 0.923 bits per heavy atom. The molecule has 1 unspecified atom stereocenters. The quantitative estimate of drug-likeness (QED) is 0.846. The molecule has 1 aliphatic carbocycles. The lowest BCUT2D eigenvalue weighted by atomic mass is 9.53. The first-order chi connectivity index (χ1) is 12.6. The van der Waals surface area contributed by atoms with E-state index in [0.717, 1.165) is 11.1 Å². The van der Waals surface area contributed by atoms with Gasteiger partial charge in [-0.2, -0.15) is 5.48 Å². The summed E-state index contributed by atoms with van der Waals surface area (Å²) in [4.78, 5) is 43.8. The van der Waals surface area contributed by atoms with E-state index in [1.165, 1.54) is 0 Å². The van der Waals surface area contributed by atoms with E-state index < -0.39 is 35.0 Å². The van der Waals surface area contributed by atoms with Gasteiger partial charge in [-0.15, -0.1) is 0 Å². The first-order valence-electron chi connectivity index (χ1n) is 8.71. The molecule has 26 heavy (non-hydrogen) atoms. The normalized spacial score (nSPS) is 31.0. The minimum atomic E-state index is -1.45. The van der Waals surface area contributed by atoms with Crippen LogP contribution in [0.5, 0.6) is 0 Å². The van der Waals surface area contributed by atoms with Crippen LogP contribution in [-0.2, 0) is 19.2 Å².